The summed E-state index contributed by atoms with van der Waals surface area (Å²) >= 11 is 1.45. The van der Waals surface area contributed by atoms with Crippen LogP contribution in [0, 0.1) is 0 Å². The molecule has 2 rings (SSSR count). The van der Waals surface area contributed by atoms with Gasteiger partial charge < -0.3 is 5.32 Å². The first kappa shape index (κ1) is 15.0. The Labute approximate surface area is 119 Å². The first-order chi connectivity index (χ1) is 9.50. The van der Waals surface area contributed by atoms with Gasteiger partial charge >= 0.3 is 6.18 Å². The Bertz CT molecular complexity index is 564. The summed E-state index contributed by atoms with van der Waals surface area (Å²) in [7, 11) is 0. The van der Waals surface area contributed by atoms with Crippen LogP contribution in [0.2, 0.25) is 0 Å². The minimum atomic E-state index is -4.32. The van der Waals surface area contributed by atoms with E-state index in [1.165, 1.54) is 17.4 Å². The normalized spacial score (nSPS) is 11.8. The van der Waals surface area contributed by atoms with Gasteiger partial charge in [-0.25, -0.2) is 4.98 Å². The summed E-state index contributed by atoms with van der Waals surface area (Å²) in [6.45, 7) is 3.62. The monoisotopic (exact) mass is 300 g/mol. The second-order valence-corrected chi connectivity index (χ2v) is 5.32. The predicted octanol–water partition coefficient (Wildman–Crippen LogP) is 4.33. The van der Waals surface area contributed by atoms with E-state index in [0.717, 1.165) is 30.1 Å². The third kappa shape index (κ3) is 3.80. The molecule has 1 N–H and O–H groups in total. The molecule has 0 spiro atoms. The van der Waals surface area contributed by atoms with Gasteiger partial charge in [-0.05, 0) is 25.1 Å². The van der Waals surface area contributed by atoms with Crippen molar-refractivity contribution in [2.24, 2.45) is 0 Å². The van der Waals surface area contributed by atoms with E-state index in [1.54, 1.807) is 11.4 Å². The minimum absolute atomic E-state index is 0.498. The fourth-order valence-corrected chi connectivity index (χ4v) is 2.52. The van der Waals surface area contributed by atoms with E-state index in [0.29, 0.717) is 17.8 Å². The number of hydrogen-bond acceptors (Lipinski definition) is 3. The van der Waals surface area contributed by atoms with Crippen molar-refractivity contribution in [2.45, 2.75) is 26.1 Å². The molecule has 0 aliphatic heterocycles. The van der Waals surface area contributed by atoms with Gasteiger partial charge in [0.05, 0.1) is 11.3 Å². The van der Waals surface area contributed by atoms with Gasteiger partial charge in [0.15, 0.2) is 0 Å². The maximum Gasteiger partial charge on any atom is 0.416 e. The number of rotatable bonds is 5. The molecule has 0 bridgehead atoms. The fraction of sp³-hybridized carbons (Fsp3) is 0.357. The lowest BCUT2D eigenvalue weighted by atomic mass is 10.1. The summed E-state index contributed by atoms with van der Waals surface area (Å²) in [5, 5.41) is 5.89. The highest BCUT2D eigenvalue weighted by Gasteiger charge is 2.30. The van der Waals surface area contributed by atoms with Crippen molar-refractivity contribution in [3.05, 3.63) is 40.2 Å². The van der Waals surface area contributed by atoms with Crippen LogP contribution < -0.4 is 5.32 Å². The number of nitrogens with one attached hydrogen (secondary N) is 1. The van der Waals surface area contributed by atoms with Crippen LogP contribution in [0.5, 0.6) is 0 Å². The minimum Gasteiger partial charge on any atom is -0.310 e. The van der Waals surface area contributed by atoms with E-state index in [-0.39, 0.29) is 0 Å². The lowest BCUT2D eigenvalue weighted by Crippen LogP contribution is -2.13. The molecule has 0 saturated carbocycles. The van der Waals surface area contributed by atoms with E-state index in [9.17, 15) is 13.2 Å². The van der Waals surface area contributed by atoms with E-state index < -0.39 is 11.7 Å². The molecule has 2 aromatic rings. The van der Waals surface area contributed by atoms with Crippen LogP contribution in [-0.2, 0) is 12.7 Å². The molecule has 108 valence electrons. The molecule has 20 heavy (non-hydrogen) atoms. The molecular weight excluding hydrogens is 285 g/mol. The highest BCUT2D eigenvalue weighted by molar-refractivity contribution is 7.09. The SMILES string of the molecule is CCCNCc1nc(-c2cccc(C(F)(F)F)c2)cs1. The summed E-state index contributed by atoms with van der Waals surface area (Å²) in [5.41, 5.74) is 0.445. The van der Waals surface area contributed by atoms with Crippen LogP contribution in [0.25, 0.3) is 11.3 Å². The first-order valence-corrected chi connectivity index (χ1v) is 7.21. The summed E-state index contributed by atoms with van der Waals surface area (Å²) in [4.78, 5) is 4.36. The third-order valence-corrected chi connectivity index (χ3v) is 3.59. The smallest absolute Gasteiger partial charge is 0.310 e. The summed E-state index contributed by atoms with van der Waals surface area (Å²) in [5.74, 6) is 0. The molecule has 0 fully saturated rings. The Kier molecular flexibility index (Phi) is 4.77. The van der Waals surface area contributed by atoms with E-state index in [1.807, 2.05) is 0 Å². The molecule has 0 amide bonds. The zero-order chi connectivity index (χ0) is 14.6. The molecule has 6 heteroatoms. The van der Waals surface area contributed by atoms with Gasteiger partial charge in [0.1, 0.15) is 5.01 Å². The lowest BCUT2D eigenvalue weighted by molar-refractivity contribution is -0.137. The molecule has 1 aromatic carbocycles. The first-order valence-electron chi connectivity index (χ1n) is 6.33. The largest absolute Gasteiger partial charge is 0.416 e. The van der Waals surface area contributed by atoms with Crippen molar-refractivity contribution in [3.63, 3.8) is 0 Å². The number of benzene rings is 1. The van der Waals surface area contributed by atoms with Crippen LogP contribution in [0.4, 0.5) is 13.2 Å². The van der Waals surface area contributed by atoms with Gasteiger partial charge in [-0.15, -0.1) is 11.3 Å². The molecule has 0 atom stereocenters. The van der Waals surface area contributed by atoms with Gasteiger partial charge in [0.2, 0.25) is 0 Å². The van der Waals surface area contributed by atoms with Gasteiger partial charge in [-0.2, -0.15) is 13.2 Å². The second-order valence-electron chi connectivity index (χ2n) is 4.38. The van der Waals surface area contributed by atoms with Crippen LogP contribution in [-0.4, -0.2) is 11.5 Å². The molecule has 0 aliphatic carbocycles. The summed E-state index contributed by atoms with van der Waals surface area (Å²) in [6.07, 6.45) is -3.29. The lowest BCUT2D eigenvalue weighted by Gasteiger charge is -2.07. The van der Waals surface area contributed by atoms with Crippen LogP contribution >= 0.6 is 11.3 Å². The van der Waals surface area contributed by atoms with Crippen molar-refractivity contribution in [2.75, 3.05) is 6.54 Å². The predicted molar refractivity (Wildman–Crippen MR) is 74.5 cm³/mol. The van der Waals surface area contributed by atoms with E-state index >= 15 is 0 Å². The van der Waals surface area contributed by atoms with Gasteiger partial charge in [-0.1, -0.05) is 19.1 Å². The average Bonchev–Trinajstić information content (AvgIpc) is 2.87. The molecule has 0 aliphatic rings. The van der Waals surface area contributed by atoms with Crippen molar-refractivity contribution >= 4 is 11.3 Å². The Balaban J connectivity index is 2.16. The van der Waals surface area contributed by atoms with Crippen LogP contribution in [0.15, 0.2) is 29.6 Å². The highest BCUT2D eigenvalue weighted by Crippen LogP contribution is 2.32. The number of nitrogens with zero attached hydrogens (tertiary/aromatic N) is 1. The summed E-state index contributed by atoms with van der Waals surface area (Å²) in [6, 6.07) is 5.26. The Morgan fingerprint density at radius 2 is 2.10 bits per heavy atom. The third-order valence-electron chi connectivity index (χ3n) is 2.74. The van der Waals surface area contributed by atoms with Crippen LogP contribution in [0.3, 0.4) is 0 Å². The number of thiazole rings is 1. The zero-order valence-corrected chi connectivity index (χ0v) is 11.8. The maximum atomic E-state index is 12.7. The number of aromatic nitrogens is 1. The molecule has 0 saturated heterocycles. The van der Waals surface area contributed by atoms with E-state index in [2.05, 4.69) is 17.2 Å². The van der Waals surface area contributed by atoms with Gasteiger partial charge in [0, 0.05) is 17.5 Å². The standard InChI is InChI=1S/C14H15F3N2S/c1-2-6-18-8-13-19-12(9-20-13)10-4-3-5-11(7-10)14(15,16)17/h3-5,7,9,18H,2,6,8H2,1H3. The summed E-state index contributed by atoms with van der Waals surface area (Å²) < 4.78 is 38.0. The van der Waals surface area contributed by atoms with Crippen molar-refractivity contribution in [1.29, 1.82) is 0 Å². The Hall–Kier alpha value is -1.40. The highest BCUT2D eigenvalue weighted by atomic mass is 32.1. The average molecular weight is 300 g/mol. The van der Waals surface area contributed by atoms with E-state index in [4.69, 9.17) is 0 Å². The van der Waals surface area contributed by atoms with Crippen LogP contribution in [0.1, 0.15) is 23.9 Å². The molecule has 1 heterocycles. The van der Waals surface area contributed by atoms with Crippen molar-refractivity contribution in [3.8, 4) is 11.3 Å². The van der Waals surface area contributed by atoms with Gasteiger partial charge in [-0.3, -0.25) is 0 Å². The van der Waals surface area contributed by atoms with Crippen molar-refractivity contribution < 1.29 is 13.2 Å². The zero-order valence-electron chi connectivity index (χ0n) is 11.0. The Morgan fingerprint density at radius 1 is 1.30 bits per heavy atom. The fourth-order valence-electron chi connectivity index (χ4n) is 1.75. The molecule has 1 aromatic heterocycles. The number of alkyl halides is 3. The molecular formula is C14H15F3N2S. The second kappa shape index (κ2) is 6.37. The Morgan fingerprint density at radius 3 is 2.80 bits per heavy atom. The quantitative estimate of drug-likeness (QED) is 0.831. The van der Waals surface area contributed by atoms with Gasteiger partial charge in [0.25, 0.3) is 0 Å². The topological polar surface area (TPSA) is 24.9 Å². The molecule has 2 nitrogen and oxygen atoms in total. The number of hydrogen-bond donors (Lipinski definition) is 1. The maximum absolute atomic E-state index is 12.7. The molecule has 0 unspecified atom stereocenters. The molecule has 0 radical (unpaired) electrons. The van der Waals surface area contributed by atoms with Crippen molar-refractivity contribution in [1.82, 2.24) is 10.3 Å². The number of halogens is 3.